The molecular formula is C29H35N5O3S. The average Bonchev–Trinajstić information content (AvgIpc) is 3.28. The normalized spacial score (nSPS) is 15.5. The first-order valence-corrected chi connectivity index (χ1v) is 15.2. The Bertz CT molecular complexity index is 1620. The molecule has 1 N–H and O–H groups in total. The van der Waals surface area contributed by atoms with E-state index in [9.17, 15) is 13.2 Å². The number of fused-ring (bicyclic) bond motifs is 1. The second-order valence-electron chi connectivity index (χ2n) is 10.8. The number of hydrogen-bond acceptors (Lipinski definition) is 6. The van der Waals surface area contributed by atoms with Crippen LogP contribution in [0, 0.1) is 0 Å². The number of H-pyrrole nitrogens is 1. The summed E-state index contributed by atoms with van der Waals surface area (Å²) in [7, 11) is -1.17. The summed E-state index contributed by atoms with van der Waals surface area (Å²) in [6.07, 6.45) is 10.0. The molecule has 1 aliphatic rings. The van der Waals surface area contributed by atoms with Crippen molar-refractivity contribution in [3.05, 3.63) is 70.7 Å². The van der Waals surface area contributed by atoms with E-state index in [1.807, 2.05) is 12.3 Å². The van der Waals surface area contributed by atoms with Crippen LogP contribution in [0.4, 0.5) is 0 Å². The molecule has 1 saturated heterocycles. The SMILES string of the molecule is CC(C)c1c(-c2cc(-c3cncnc3)c(=O)n(C)c2)[nH]c2ccc(C3CCN(CCS(C)(=O)=O)CC3)cc12. The second kappa shape index (κ2) is 10.5. The fourth-order valence-electron chi connectivity index (χ4n) is 5.59. The summed E-state index contributed by atoms with van der Waals surface area (Å²) in [6, 6.07) is 8.65. The number of nitrogens with zero attached hydrogens (tertiary/aromatic N) is 4. The predicted octanol–water partition coefficient (Wildman–Crippen LogP) is 4.34. The van der Waals surface area contributed by atoms with E-state index in [-0.39, 0.29) is 17.2 Å². The van der Waals surface area contributed by atoms with Gasteiger partial charge in [0.25, 0.3) is 5.56 Å². The van der Waals surface area contributed by atoms with Gasteiger partial charge in [-0.25, -0.2) is 18.4 Å². The molecule has 3 aromatic heterocycles. The van der Waals surface area contributed by atoms with E-state index in [2.05, 4.69) is 51.9 Å². The Kier molecular flexibility index (Phi) is 7.24. The zero-order chi connectivity index (χ0) is 27.0. The molecule has 1 aromatic carbocycles. The fraction of sp³-hybridized carbons (Fsp3) is 0.414. The number of likely N-dealkylation sites (tertiary alicyclic amines) is 1. The fourth-order valence-corrected chi connectivity index (χ4v) is 6.18. The van der Waals surface area contributed by atoms with Crippen molar-refractivity contribution < 1.29 is 8.42 Å². The van der Waals surface area contributed by atoms with E-state index >= 15 is 0 Å². The van der Waals surface area contributed by atoms with Crippen LogP contribution in [0.1, 0.15) is 49.7 Å². The number of nitrogens with one attached hydrogen (secondary N) is 1. The van der Waals surface area contributed by atoms with Crippen LogP contribution < -0.4 is 5.56 Å². The number of hydrogen-bond donors (Lipinski definition) is 1. The summed E-state index contributed by atoms with van der Waals surface area (Å²) in [5.41, 5.74) is 6.80. The van der Waals surface area contributed by atoms with Gasteiger partial charge in [0.1, 0.15) is 16.2 Å². The minimum Gasteiger partial charge on any atom is -0.354 e. The Hall–Kier alpha value is -3.30. The highest BCUT2D eigenvalue weighted by molar-refractivity contribution is 7.90. The van der Waals surface area contributed by atoms with Crippen LogP contribution in [0.3, 0.4) is 0 Å². The summed E-state index contributed by atoms with van der Waals surface area (Å²) >= 11 is 0. The van der Waals surface area contributed by atoms with Gasteiger partial charge in [0.05, 0.1) is 17.0 Å². The van der Waals surface area contributed by atoms with Crippen molar-refractivity contribution >= 4 is 20.7 Å². The lowest BCUT2D eigenvalue weighted by Crippen LogP contribution is -2.36. The topological polar surface area (TPSA) is 101 Å². The first-order valence-electron chi connectivity index (χ1n) is 13.1. The lowest BCUT2D eigenvalue weighted by molar-refractivity contribution is 0.223. The van der Waals surface area contributed by atoms with Gasteiger partial charge in [-0.15, -0.1) is 0 Å². The van der Waals surface area contributed by atoms with Crippen molar-refractivity contribution in [2.45, 2.75) is 38.5 Å². The number of sulfone groups is 1. The highest BCUT2D eigenvalue weighted by Crippen LogP contribution is 2.38. The summed E-state index contributed by atoms with van der Waals surface area (Å²) < 4.78 is 24.7. The maximum Gasteiger partial charge on any atom is 0.258 e. The van der Waals surface area contributed by atoms with E-state index < -0.39 is 9.84 Å². The predicted molar refractivity (Wildman–Crippen MR) is 152 cm³/mol. The van der Waals surface area contributed by atoms with Crippen molar-refractivity contribution in [3.8, 4) is 22.4 Å². The molecule has 0 saturated carbocycles. The van der Waals surface area contributed by atoms with Crippen LogP contribution in [-0.2, 0) is 16.9 Å². The molecule has 9 heteroatoms. The average molecular weight is 534 g/mol. The van der Waals surface area contributed by atoms with Gasteiger partial charge in [0.2, 0.25) is 0 Å². The molecule has 8 nitrogen and oxygen atoms in total. The number of aromatic nitrogens is 4. The molecule has 1 fully saturated rings. The van der Waals surface area contributed by atoms with Crippen molar-refractivity contribution in [1.29, 1.82) is 0 Å². The number of benzene rings is 1. The molecule has 200 valence electrons. The van der Waals surface area contributed by atoms with Gasteiger partial charge in [-0.3, -0.25) is 4.79 Å². The third kappa shape index (κ3) is 5.44. The number of aryl methyl sites for hydroxylation is 1. The molecule has 4 heterocycles. The standard InChI is InChI=1S/C29H35N5O3S/c1-19(2)27-25-13-21(20-7-9-34(10-8-20)11-12-38(4,36)37)5-6-26(25)32-28(27)22-14-24(29(35)33(3)17-22)23-15-30-18-31-16-23/h5-6,13-20,32H,7-12H2,1-4H3. The molecule has 0 unspecified atom stereocenters. The lowest BCUT2D eigenvalue weighted by atomic mass is 9.87. The minimum atomic E-state index is -2.94. The number of rotatable bonds is 7. The molecule has 38 heavy (non-hydrogen) atoms. The third-order valence-electron chi connectivity index (χ3n) is 7.62. The van der Waals surface area contributed by atoms with Gasteiger partial charge in [-0.1, -0.05) is 19.9 Å². The smallest absolute Gasteiger partial charge is 0.258 e. The highest BCUT2D eigenvalue weighted by Gasteiger charge is 2.24. The summed E-state index contributed by atoms with van der Waals surface area (Å²) in [6.45, 7) is 6.84. The Labute approximate surface area is 223 Å². The molecule has 4 aromatic rings. The van der Waals surface area contributed by atoms with Crippen molar-refractivity contribution in [1.82, 2.24) is 24.4 Å². The van der Waals surface area contributed by atoms with E-state index in [0.29, 0.717) is 23.6 Å². The van der Waals surface area contributed by atoms with E-state index in [1.165, 1.54) is 29.1 Å². The van der Waals surface area contributed by atoms with Crippen LogP contribution in [0.15, 0.2) is 54.0 Å². The van der Waals surface area contributed by atoms with Gasteiger partial charge in [0.15, 0.2) is 0 Å². The summed E-state index contributed by atoms with van der Waals surface area (Å²) in [5, 5.41) is 1.21. The molecule has 0 spiro atoms. The molecular weight excluding hydrogens is 498 g/mol. The summed E-state index contributed by atoms with van der Waals surface area (Å²) in [5.74, 6) is 0.944. The van der Waals surface area contributed by atoms with E-state index in [1.54, 1.807) is 24.0 Å². The molecule has 0 amide bonds. The second-order valence-corrected chi connectivity index (χ2v) is 13.1. The van der Waals surface area contributed by atoms with Gasteiger partial charge in [-0.05, 0) is 67.1 Å². The van der Waals surface area contributed by atoms with Crippen LogP contribution in [0.2, 0.25) is 0 Å². The molecule has 1 aliphatic heterocycles. The Morgan fingerprint density at radius 2 is 1.79 bits per heavy atom. The molecule has 0 bridgehead atoms. The Balaban J connectivity index is 1.49. The molecule has 0 atom stereocenters. The van der Waals surface area contributed by atoms with Crippen molar-refractivity contribution in [2.24, 2.45) is 7.05 Å². The zero-order valence-corrected chi connectivity index (χ0v) is 23.3. The molecule has 0 radical (unpaired) electrons. The Morgan fingerprint density at radius 1 is 1.08 bits per heavy atom. The highest BCUT2D eigenvalue weighted by atomic mass is 32.2. The number of aromatic amines is 1. The monoisotopic (exact) mass is 533 g/mol. The summed E-state index contributed by atoms with van der Waals surface area (Å²) in [4.78, 5) is 27.0. The minimum absolute atomic E-state index is 0.0871. The first kappa shape index (κ1) is 26.3. The van der Waals surface area contributed by atoms with E-state index in [0.717, 1.165) is 42.7 Å². The van der Waals surface area contributed by atoms with Crippen LogP contribution in [-0.4, -0.2) is 64.5 Å². The van der Waals surface area contributed by atoms with Crippen LogP contribution in [0.5, 0.6) is 0 Å². The van der Waals surface area contributed by atoms with Crippen LogP contribution >= 0.6 is 0 Å². The van der Waals surface area contributed by atoms with Gasteiger partial charge in [0, 0.05) is 60.5 Å². The largest absolute Gasteiger partial charge is 0.354 e. The van der Waals surface area contributed by atoms with Crippen LogP contribution in [0.25, 0.3) is 33.3 Å². The molecule has 5 rings (SSSR count). The quantitative estimate of drug-likeness (QED) is 0.379. The third-order valence-corrected chi connectivity index (χ3v) is 8.55. The Morgan fingerprint density at radius 3 is 2.45 bits per heavy atom. The zero-order valence-electron chi connectivity index (χ0n) is 22.4. The number of piperidine rings is 1. The maximum absolute atomic E-state index is 12.9. The maximum atomic E-state index is 12.9. The van der Waals surface area contributed by atoms with Crippen molar-refractivity contribution in [3.63, 3.8) is 0 Å². The number of pyridine rings is 1. The van der Waals surface area contributed by atoms with Gasteiger partial charge in [-0.2, -0.15) is 0 Å². The molecule has 0 aliphatic carbocycles. The van der Waals surface area contributed by atoms with Gasteiger partial charge < -0.3 is 14.5 Å². The van der Waals surface area contributed by atoms with E-state index in [4.69, 9.17) is 0 Å². The van der Waals surface area contributed by atoms with Crippen molar-refractivity contribution in [2.75, 3.05) is 31.6 Å². The van der Waals surface area contributed by atoms with Gasteiger partial charge >= 0.3 is 0 Å². The lowest BCUT2D eigenvalue weighted by Gasteiger charge is -2.32. The first-order chi connectivity index (χ1) is 18.1.